The highest BCUT2D eigenvalue weighted by Crippen LogP contribution is 2.30. The summed E-state index contributed by atoms with van der Waals surface area (Å²) in [4.78, 5) is 31.3. The molecule has 124 valence electrons. The van der Waals surface area contributed by atoms with E-state index >= 15 is 0 Å². The molecule has 0 saturated carbocycles. The summed E-state index contributed by atoms with van der Waals surface area (Å²) in [6.45, 7) is 1.02. The summed E-state index contributed by atoms with van der Waals surface area (Å²) in [5, 5.41) is 21.5. The van der Waals surface area contributed by atoms with Crippen molar-refractivity contribution < 1.29 is 24.1 Å². The number of carbonyl (C=O) groups is 1. The number of benzene rings is 2. The third-order valence-corrected chi connectivity index (χ3v) is 2.96. The molecule has 0 aliphatic rings. The minimum Gasteiger partial charge on any atom is -0.461 e. The van der Waals surface area contributed by atoms with Crippen molar-refractivity contribution in [1.82, 2.24) is 0 Å². The third kappa shape index (κ3) is 4.26. The molecule has 24 heavy (non-hydrogen) atoms. The molecule has 0 N–H and O–H groups in total. The van der Waals surface area contributed by atoms with E-state index in [9.17, 15) is 25.0 Å². The summed E-state index contributed by atoms with van der Waals surface area (Å²) in [5.74, 6) is 0.0111. The molecule has 0 fully saturated rings. The van der Waals surface area contributed by atoms with Gasteiger partial charge in [-0.15, -0.1) is 0 Å². The van der Waals surface area contributed by atoms with E-state index in [2.05, 4.69) is 0 Å². The lowest BCUT2D eigenvalue weighted by atomic mass is 10.2. The first-order valence-electron chi connectivity index (χ1n) is 6.70. The molecule has 2 rings (SSSR count). The second kappa shape index (κ2) is 7.18. The molecule has 0 aromatic heterocycles. The molecule has 0 unspecified atom stereocenters. The molecular formula is C15H12N2O7. The summed E-state index contributed by atoms with van der Waals surface area (Å²) in [7, 11) is 0. The molecule has 0 atom stereocenters. The SMILES string of the molecule is CC(=O)OCc1cc([N+](=O)[O-])ccc1Oc1ccc([N+](=O)[O-])cc1. The molecule has 0 bridgehead atoms. The maximum atomic E-state index is 10.9. The van der Waals surface area contributed by atoms with Crippen molar-refractivity contribution in [2.45, 2.75) is 13.5 Å². The number of non-ortho nitro benzene ring substituents is 2. The lowest BCUT2D eigenvalue weighted by Gasteiger charge is -2.11. The van der Waals surface area contributed by atoms with Gasteiger partial charge >= 0.3 is 5.97 Å². The Morgan fingerprint density at radius 3 is 2.12 bits per heavy atom. The fourth-order valence-electron chi connectivity index (χ4n) is 1.83. The van der Waals surface area contributed by atoms with Crippen LogP contribution in [0.4, 0.5) is 11.4 Å². The number of ether oxygens (including phenoxy) is 2. The predicted molar refractivity (Wildman–Crippen MR) is 81.7 cm³/mol. The molecule has 2 aromatic carbocycles. The van der Waals surface area contributed by atoms with Crippen LogP contribution < -0.4 is 4.74 Å². The Morgan fingerprint density at radius 1 is 1.00 bits per heavy atom. The van der Waals surface area contributed by atoms with Gasteiger partial charge in [0.2, 0.25) is 0 Å². The van der Waals surface area contributed by atoms with Crippen LogP contribution in [-0.4, -0.2) is 15.8 Å². The molecule has 9 nitrogen and oxygen atoms in total. The Bertz CT molecular complexity index is 787. The van der Waals surface area contributed by atoms with Gasteiger partial charge in [0.15, 0.2) is 0 Å². The van der Waals surface area contributed by atoms with Crippen LogP contribution in [0.3, 0.4) is 0 Å². The molecule has 0 aliphatic carbocycles. The third-order valence-electron chi connectivity index (χ3n) is 2.96. The predicted octanol–water partition coefficient (Wildman–Crippen LogP) is 3.36. The second-order valence-electron chi connectivity index (χ2n) is 4.68. The van der Waals surface area contributed by atoms with Crippen molar-refractivity contribution in [1.29, 1.82) is 0 Å². The normalized spacial score (nSPS) is 10.0. The monoisotopic (exact) mass is 332 g/mol. The summed E-state index contributed by atoms with van der Waals surface area (Å²) >= 11 is 0. The van der Waals surface area contributed by atoms with Crippen molar-refractivity contribution >= 4 is 17.3 Å². The smallest absolute Gasteiger partial charge is 0.302 e. The zero-order valence-electron chi connectivity index (χ0n) is 12.5. The maximum Gasteiger partial charge on any atom is 0.302 e. The van der Waals surface area contributed by atoms with Gasteiger partial charge in [-0.1, -0.05) is 0 Å². The van der Waals surface area contributed by atoms with Crippen molar-refractivity contribution in [3.8, 4) is 11.5 Å². The van der Waals surface area contributed by atoms with E-state index in [-0.39, 0.29) is 23.7 Å². The van der Waals surface area contributed by atoms with Gasteiger partial charge < -0.3 is 9.47 Å². The number of nitro groups is 2. The molecule has 0 radical (unpaired) electrons. The molecule has 0 amide bonds. The van der Waals surface area contributed by atoms with Gasteiger partial charge in [0.05, 0.1) is 9.85 Å². The van der Waals surface area contributed by atoms with E-state index in [0.29, 0.717) is 11.3 Å². The van der Waals surface area contributed by atoms with Gasteiger partial charge in [0.1, 0.15) is 18.1 Å². The van der Waals surface area contributed by atoms with Crippen molar-refractivity contribution in [3.63, 3.8) is 0 Å². The average Bonchev–Trinajstić information content (AvgIpc) is 2.54. The van der Waals surface area contributed by atoms with E-state index in [4.69, 9.17) is 9.47 Å². The molecule has 0 saturated heterocycles. The zero-order chi connectivity index (χ0) is 17.7. The number of nitro benzene ring substituents is 2. The average molecular weight is 332 g/mol. The highest BCUT2D eigenvalue weighted by Gasteiger charge is 2.14. The first-order chi connectivity index (χ1) is 11.4. The van der Waals surface area contributed by atoms with Gasteiger partial charge in [0.25, 0.3) is 11.4 Å². The summed E-state index contributed by atoms with van der Waals surface area (Å²) in [6.07, 6.45) is 0. The minimum atomic E-state index is -0.576. The number of carbonyl (C=O) groups excluding carboxylic acids is 1. The van der Waals surface area contributed by atoms with E-state index in [0.717, 1.165) is 0 Å². The first-order valence-corrected chi connectivity index (χ1v) is 6.70. The zero-order valence-corrected chi connectivity index (χ0v) is 12.5. The largest absolute Gasteiger partial charge is 0.461 e. The first kappa shape index (κ1) is 16.9. The fraction of sp³-hybridized carbons (Fsp3) is 0.133. The van der Waals surface area contributed by atoms with E-state index in [1.54, 1.807) is 0 Å². The quantitative estimate of drug-likeness (QED) is 0.451. The van der Waals surface area contributed by atoms with E-state index < -0.39 is 15.8 Å². The highest BCUT2D eigenvalue weighted by molar-refractivity contribution is 5.66. The molecule has 2 aromatic rings. The van der Waals surface area contributed by atoms with Crippen LogP contribution in [0.5, 0.6) is 11.5 Å². The van der Waals surface area contributed by atoms with Crippen LogP contribution in [0.2, 0.25) is 0 Å². The Morgan fingerprint density at radius 2 is 1.58 bits per heavy atom. The van der Waals surface area contributed by atoms with E-state index in [1.807, 2.05) is 0 Å². The van der Waals surface area contributed by atoms with Gasteiger partial charge in [0, 0.05) is 36.8 Å². The van der Waals surface area contributed by atoms with Gasteiger partial charge in [-0.3, -0.25) is 25.0 Å². The van der Waals surface area contributed by atoms with Crippen LogP contribution >= 0.6 is 0 Å². The van der Waals surface area contributed by atoms with Crippen molar-refractivity contribution in [2.24, 2.45) is 0 Å². The molecule has 0 spiro atoms. The molecule has 0 heterocycles. The topological polar surface area (TPSA) is 122 Å². The van der Waals surface area contributed by atoms with Crippen LogP contribution in [0, 0.1) is 20.2 Å². The van der Waals surface area contributed by atoms with Crippen LogP contribution in [0.15, 0.2) is 42.5 Å². The number of nitrogens with zero attached hydrogens (tertiary/aromatic N) is 2. The van der Waals surface area contributed by atoms with Crippen LogP contribution in [0.25, 0.3) is 0 Å². The van der Waals surface area contributed by atoms with Gasteiger partial charge in [-0.2, -0.15) is 0 Å². The summed E-state index contributed by atoms with van der Waals surface area (Å²) < 4.78 is 10.4. The minimum absolute atomic E-state index is 0.0915. The highest BCUT2D eigenvalue weighted by atomic mass is 16.6. The standard InChI is InChI=1S/C15H12N2O7/c1-10(18)23-9-11-8-13(17(21)22)4-7-15(11)24-14-5-2-12(3-6-14)16(19)20/h2-8H,9H2,1H3. The lowest BCUT2D eigenvalue weighted by Crippen LogP contribution is -2.02. The second-order valence-corrected chi connectivity index (χ2v) is 4.68. The number of hydrogen-bond donors (Lipinski definition) is 0. The van der Waals surface area contributed by atoms with Crippen LogP contribution in [-0.2, 0) is 16.1 Å². The Hall–Kier alpha value is -3.49. The molecular weight excluding hydrogens is 320 g/mol. The fourth-order valence-corrected chi connectivity index (χ4v) is 1.83. The summed E-state index contributed by atoms with van der Waals surface area (Å²) in [6, 6.07) is 9.20. The van der Waals surface area contributed by atoms with Crippen molar-refractivity contribution in [3.05, 3.63) is 68.3 Å². The lowest BCUT2D eigenvalue weighted by molar-refractivity contribution is -0.385. The number of hydrogen-bond acceptors (Lipinski definition) is 7. The Labute approximate surface area is 135 Å². The van der Waals surface area contributed by atoms with Gasteiger partial charge in [-0.25, -0.2) is 0 Å². The molecule has 0 aliphatic heterocycles. The molecule has 9 heteroatoms. The van der Waals surface area contributed by atoms with Gasteiger partial charge in [-0.05, 0) is 18.2 Å². The number of rotatable bonds is 6. The Balaban J connectivity index is 2.28. The maximum absolute atomic E-state index is 10.9. The van der Waals surface area contributed by atoms with Crippen molar-refractivity contribution in [2.75, 3.05) is 0 Å². The number of esters is 1. The Kier molecular flexibility index (Phi) is 5.05. The van der Waals surface area contributed by atoms with E-state index in [1.165, 1.54) is 49.4 Å². The van der Waals surface area contributed by atoms with Crippen LogP contribution in [0.1, 0.15) is 12.5 Å². The summed E-state index contributed by atoms with van der Waals surface area (Å²) in [5.41, 5.74) is 0.0390.